The fourth-order valence-electron chi connectivity index (χ4n) is 3.00. The standard InChI is InChI=1S/C22H14N4O2/c23-13-15-7-1-4-10-19(15)25-14-18-16-8-2-3-9-17(16)21(27)26(22(18)28)20-11-5-6-12-24-20/h1-12,14,28H. The molecule has 0 fully saturated rings. The van der Waals surface area contributed by atoms with Crippen molar-refractivity contribution in [3.05, 3.63) is 94.4 Å². The molecule has 0 unspecified atom stereocenters. The van der Waals surface area contributed by atoms with Gasteiger partial charge in [0.25, 0.3) is 5.56 Å². The van der Waals surface area contributed by atoms with Crippen LogP contribution in [0, 0.1) is 11.3 Å². The van der Waals surface area contributed by atoms with E-state index in [0.717, 1.165) is 4.57 Å². The third-order valence-corrected chi connectivity index (χ3v) is 4.34. The van der Waals surface area contributed by atoms with Crippen LogP contribution in [0.2, 0.25) is 0 Å². The van der Waals surface area contributed by atoms with Crippen LogP contribution in [0.1, 0.15) is 11.1 Å². The van der Waals surface area contributed by atoms with Crippen molar-refractivity contribution in [3.63, 3.8) is 0 Å². The molecule has 4 aromatic rings. The van der Waals surface area contributed by atoms with E-state index >= 15 is 0 Å². The molecule has 2 aromatic carbocycles. The fraction of sp³-hybridized carbons (Fsp3) is 0. The van der Waals surface area contributed by atoms with Crippen LogP contribution in [0.15, 0.2) is 82.7 Å². The van der Waals surface area contributed by atoms with Crippen LogP contribution in [0.5, 0.6) is 5.88 Å². The third-order valence-electron chi connectivity index (χ3n) is 4.34. The van der Waals surface area contributed by atoms with Crippen molar-refractivity contribution in [1.82, 2.24) is 9.55 Å². The number of hydrogen-bond acceptors (Lipinski definition) is 5. The Morgan fingerprint density at radius 1 is 1.00 bits per heavy atom. The monoisotopic (exact) mass is 366 g/mol. The van der Waals surface area contributed by atoms with Crippen molar-refractivity contribution in [2.45, 2.75) is 0 Å². The molecule has 0 atom stereocenters. The predicted molar refractivity (Wildman–Crippen MR) is 107 cm³/mol. The van der Waals surface area contributed by atoms with Gasteiger partial charge in [0.1, 0.15) is 11.9 Å². The maximum atomic E-state index is 13.0. The lowest BCUT2D eigenvalue weighted by molar-refractivity contribution is 0.435. The molecule has 0 saturated carbocycles. The minimum Gasteiger partial charge on any atom is -0.494 e. The lowest BCUT2D eigenvalue weighted by atomic mass is 10.1. The quantitative estimate of drug-likeness (QED) is 0.560. The van der Waals surface area contributed by atoms with E-state index in [0.29, 0.717) is 33.4 Å². The van der Waals surface area contributed by atoms with E-state index in [9.17, 15) is 15.2 Å². The zero-order valence-corrected chi connectivity index (χ0v) is 14.6. The SMILES string of the molecule is N#Cc1ccccc1N=Cc1c(O)n(-c2ccccn2)c(=O)c2ccccc12. The Kier molecular flexibility index (Phi) is 4.40. The summed E-state index contributed by atoms with van der Waals surface area (Å²) >= 11 is 0. The van der Waals surface area contributed by atoms with Crippen molar-refractivity contribution in [1.29, 1.82) is 5.26 Å². The van der Waals surface area contributed by atoms with E-state index < -0.39 is 0 Å². The van der Waals surface area contributed by atoms with Crippen molar-refractivity contribution in [2.75, 3.05) is 0 Å². The Morgan fingerprint density at radius 3 is 2.46 bits per heavy atom. The summed E-state index contributed by atoms with van der Waals surface area (Å²) in [5.74, 6) is 0.0448. The van der Waals surface area contributed by atoms with Crippen LogP contribution < -0.4 is 5.56 Å². The molecule has 0 amide bonds. The van der Waals surface area contributed by atoms with E-state index in [-0.39, 0.29) is 11.4 Å². The highest BCUT2D eigenvalue weighted by atomic mass is 16.3. The lowest BCUT2D eigenvalue weighted by Crippen LogP contribution is -2.20. The Bertz CT molecular complexity index is 1300. The van der Waals surface area contributed by atoms with E-state index in [1.807, 2.05) is 0 Å². The molecule has 0 aliphatic heterocycles. The molecule has 0 aliphatic carbocycles. The zero-order valence-electron chi connectivity index (χ0n) is 14.6. The summed E-state index contributed by atoms with van der Waals surface area (Å²) in [6.45, 7) is 0. The smallest absolute Gasteiger partial charge is 0.267 e. The molecule has 0 bridgehead atoms. The minimum atomic E-state index is -0.374. The van der Waals surface area contributed by atoms with Gasteiger partial charge in [0, 0.05) is 23.2 Å². The van der Waals surface area contributed by atoms with Gasteiger partial charge < -0.3 is 5.11 Å². The van der Waals surface area contributed by atoms with Crippen molar-refractivity contribution < 1.29 is 5.11 Å². The van der Waals surface area contributed by atoms with Gasteiger partial charge in [-0.2, -0.15) is 5.26 Å². The minimum absolute atomic E-state index is 0.263. The van der Waals surface area contributed by atoms with Gasteiger partial charge in [0.05, 0.1) is 16.8 Å². The molecule has 2 aromatic heterocycles. The van der Waals surface area contributed by atoms with Crippen LogP contribution in [0.3, 0.4) is 0 Å². The summed E-state index contributed by atoms with van der Waals surface area (Å²) in [7, 11) is 0. The van der Waals surface area contributed by atoms with Gasteiger partial charge in [0.2, 0.25) is 5.88 Å². The molecule has 0 saturated heterocycles. The second-order valence-electron chi connectivity index (χ2n) is 6.00. The van der Waals surface area contributed by atoms with Crippen LogP contribution in [-0.4, -0.2) is 20.9 Å². The first kappa shape index (κ1) is 17.2. The average Bonchev–Trinajstić information content (AvgIpc) is 2.75. The zero-order chi connectivity index (χ0) is 19.5. The number of fused-ring (bicyclic) bond motifs is 1. The third kappa shape index (κ3) is 2.91. The first-order valence-corrected chi connectivity index (χ1v) is 8.52. The maximum Gasteiger partial charge on any atom is 0.267 e. The molecule has 6 nitrogen and oxygen atoms in total. The van der Waals surface area contributed by atoms with Gasteiger partial charge in [0.15, 0.2) is 0 Å². The molecule has 6 heteroatoms. The van der Waals surface area contributed by atoms with Crippen LogP contribution in [0.4, 0.5) is 5.69 Å². The summed E-state index contributed by atoms with van der Waals surface area (Å²) in [5.41, 5.74) is 0.889. The normalized spacial score (nSPS) is 11.0. The van der Waals surface area contributed by atoms with E-state index in [1.54, 1.807) is 72.9 Å². The van der Waals surface area contributed by atoms with Crippen molar-refractivity contribution in [3.8, 4) is 17.8 Å². The van der Waals surface area contributed by atoms with Crippen LogP contribution in [0.25, 0.3) is 16.6 Å². The molecule has 28 heavy (non-hydrogen) atoms. The molecule has 2 heterocycles. The van der Waals surface area contributed by atoms with E-state index in [4.69, 9.17) is 0 Å². The van der Waals surface area contributed by atoms with Crippen molar-refractivity contribution in [2.24, 2.45) is 4.99 Å². The number of aliphatic imine (C=N–C) groups is 1. The van der Waals surface area contributed by atoms with Gasteiger partial charge >= 0.3 is 0 Å². The molecule has 134 valence electrons. The van der Waals surface area contributed by atoms with Gasteiger partial charge in [-0.1, -0.05) is 36.4 Å². The number of aromatic hydroxyl groups is 1. The maximum absolute atomic E-state index is 13.0. The Labute approximate surface area is 160 Å². The topological polar surface area (TPSA) is 91.3 Å². The summed E-state index contributed by atoms with van der Waals surface area (Å²) in [6, 6.07) is 21.1. The van der Waals surface area contributed by atoms with Gasteiger partial charge in [-0.05, 0) is 30.3 Å². The second kappa shape index (κ2) is 7.17. The first-order chi connectivity index (χ1) is 13.7. The molecular formula is C22H14N4O2. The van der Waals surface area contributed by atoms with Crippen LogP contribution in [-0.2, 0) is 0 Å². The first-order valence-electron chi connectivity index (χ1n) is 8.52. The average molecular weight is 366 g/mol. The lowest BCUT2D eigenvalue weighted by Gasteiger charge is -2.12. The number of benzene rings is 2. The summed E-state index contributed by atoms with van der Waals surface area (Å²) in [6.07, 6.45) is 3.01. The number of para-hydroxylation sites is 1. The largest absolute Gasteiger partial charge is 0.494 e. The molecule has 0 radical (unpaired) electrons. The number of rotatable bonds is 3. The van der Waals surface area contributed by atoms with Crippen LogP contribution >= 0.6 is 0 Å². The molecule has 0 aliphatic rings. The van der Waals surface area contributed by atoms with E-state index in [1.165, 1.54) is 6.21 Å². The number of nitriles is 1. The van der Waals surface area contributed by atoms with Gasteiger partial charge in [-0.25, -0.2) is 9.55 Å². The number of aromatic nitrogens is 2. The Balaban J connectivity index is 2.00. The van der Waals surface area contributed by atoms with Gasteiger partial charge in [-0.3, -0.25) is 9.79 Å². The summed E-state index contributed by atoms with van der Waals surface area (Å²) < 4.78 is 1.15. The second-order valence-corrected chi connectivity index (χ2v) is 6.00. The number of hydrogen-bond donors (Lipinski definition) is 1. The molecule has 4 rings (SSSR count). The van der Waals surface area contributed by atoms with Crippen molar-refractivity contribution >= 4 is 22.7 Å². The molecule has 1 N–H and O–H groups in total. The highest BCUT2D eigenvalue weighted by Gasteiger charge is 2.16. The summed E-state index contributed by atoms with van der Waals surface area (Å²) in [5, 5.41) is 21.1. The molecular weight excluding hydrogens is 352 g/mol. The highest BCUT2D eigenvalue weighted by Crippen LogP contribution is 2.26. The Hall–Kier alpha value is -4.24. The number of nitrogens with zero attached hydrogens (tertiary/aromatic N) is 4. The number of pyridine rings is 2. The Morgan fingerprint density at radius 2 is 1.71 bits per heavy atom. The van der Waals surface area contributed by atoms with E-state index in [2.05, 4.69) is 16.0 Å². The summed E-state index contributed by atoms with van der Waals surface area (Å²) in [4.78, 5) is 21.5. The van der Waals surface area contributed by atoms with Gasteiger partial charge in [-0.15, -0.1) is 0 Å². The molecule has 0 spiro atoms. The fourth-order valence-corrected chi connectivity index (χ4v) is 3.00. The highest BCUT2D eigenvalue weighted by molar-refractivity contribution is 6.02. The predicted octanol–water partition coefficient (Wildman–Crippen LogP) is 3.71.